The van der Waals surface area contributed by atoms with E-state index < -0.39 is 29.0 Å². The van der Waals surface area contributed by atoms with Gasteiger partial charge in [-0.1, -0.05) is 17.9 Å². The Morgan fingerprint density at radius 2 is 1.53 bits per heavy atom. The smallest absolute Gasteiger partial charge is 0.416 e. The molecule has 1 saturated heterocycles. The summed E-state index contributed by atoms with van der Waals surface area (Å²) in [5.41, 5.74) is -2.98. The molecule has 2 aromatic carbocycles. The van der Waals surface area contributed by atoms with Crippen LogP contribution in [-0.4, -0.2) is 49.1 Å². The number of carbonyl (C=O) groups is 1. The molecule has 5 nitrogen and oxygen atoms in total. The van der Waals surface area contributed by atoms with Crippen LogP contribution in [0.15, 0.2) is 60.8 Å². The molecule has 0 N–H and O–H groups in total. The molecule has 1 fully saturated rings. The summed E-state index contributed by atoms with van der Waals surface area (Å²) in [6, 6.07) is 11.1. The van der Waals surface area contributed by atoms with Crippen molar-refractivity contribution < 1.29 is 35.9 Å². The van der Waals surface area contributed by atoms with Crippen molar-refractivity contribution in [1.29, 1.82) is 0 Å². The molecule has 3 aromatic rings. The van der Waals surface area contributed by atoms with Crippen molar-refractivity contribution in [3.05, 3.63) is 88.6 Å². The normalized spacial score (nSPS) is 14.1. The van der Waals surface area contributed by atoms with Crippen molar-refractivity contribution in [2.24, 2.45) is 0 Å². The number of carbonyl (C=O) groups excluding carboxylic acids is 1. The van der Waals surface area contributed by atoms with E-state index in [1.54, 1.807) is 11.1 Å². The Labute approximate surface area is 214 Å². The fourth-order valence-electron chi connectivity index (χ4n) is 3.97. The molecule has 198 valence electrons. The third-order valence-electron chi connectivity index (χ3n) is 5.92. The van der Waals surface area contributed by atoms with Gasteiger partial charge in [0.15, 0.2) is 0 Å². The Kier molecular flexibility index (Phi) is 7.53. The van der Waals surface area contributed by atoms with Crippen molar-refractivity contribution in [1.82, 2.24) is 9.88 Å². The summed E-state index contributed by atoms with van der Waals surface area (Å²) in [6.07, 6.45) is -8.28. The van der Waals surface area contributed by atoms with Crippen LogP contribution in [0, 0.1) is 11.8 Å². The Morgan fingerprint density at radius 3 is 2.08 bits per heavy atom. The molecule has 1 aliphatic rings. The maximum absolute atomic E-state index is 13.2. The minimum Gasteiger partial charge on any atom is -0.495 e. The Bertz CT molecular complexity index is 1340. The third kappa shape index (κ3) is 6.19. The number of alkyl halides is 6. The number of benzene rings is 2. The molecular formula is C27H21F6N3O2. The number of ether oxygens (including phenoxy) is 1. The Balaban J connectivity index is 1.58. The van der Waals surface area contributed by atoms with E-state index in [4.69, 9.17) is 4.74 Å². The van der Waals surface area contributed by atoms with Crippen LogP contribution in [0.25, 0.3) is 0 Å². The van der Waals surface area contributed by atoms with Crippen LogP contribution in [0.5, 0.6) is 5.75 Å². The summed E-state index contributed by atoms with van der Waals surface area (Å²) in [6.45, 7) is 2.02. The first-order valence-corrected chi connectivity index (χ1v) is 11.4. The maximum atomic E-state index is 13.2. The summed E-state index contributed by atoms with van der Waals surface area (Å²) >= 11 is 0. The van der Waals surface area contributed by atoms with Gasteiger partial charge >= 0.3 is 12.4 Å². The van der Waals surface area contributed by atoms with Crippen LogP contribution in [0.3, 0.4) is 0 Å². The van der Waals surface area contributed by atoms with Gasteiger partial charge in [0.1, 0.15) is 11.6 Å². The predicted molar refractivity (Wildman–Crippen MR) is 128 cm³/mol. The molecule has 0 spiro atoms. The lowest BCUT2D eigenvalue weighted by Crippen LogP contribution is -2.49. The summed E-state index contributed by atoms with van der Waals surface area (Å²) in [7, 11) is 1.34. The number of piperazine rings is 1. The molecule has 0 unspecified atom stereocenters. The van der Waals surface area contributed by atoms with Gasteiger partial charge in [-0.2, -0.15) is 26.3 Å². The lowest BCUT2D eigenvalue weighted by atomic mass is 10.0. The van der Waals surface area contributed by atoms with Crippen LogP contribution in [0.4, 0.5) is 32.2 Å². The van der Waals surface area contributed by atoms with Gasteiger partial charge in [0.05, 0.1) is 23.8 Å². The number of aromatic nitrogens is 1. The number of methoxy groups -OCH3 is 1. The fraction of sp³-hybridized carbons (Fsp3) is 0.259. The highest BCUT2D eigenvalue weighted by Crippen LogP contribution is 2.36. The van der Waals surface area contributed by atoms with Gasteiger partial charge < -0.3 is 14.5 Å². The van der Waals surface area contributed by atoms with Crippen LogP contribution in [-0.2, 0) is 12.4 Å². The molecule has 4 rings (SSSR count). The van der Waals surface area contributed by atoms with E-state index in [1.165, 1.54) is 25.3 Å². The van der Waals surface area contributed by atoms with Crippen molar-refractivity contribution in [3.8, 4) is 17.6 Å². The standard InChI is InChI=1S/C27H21F6N3O2/c1-38-23-8-7-20(25(37)36-12-10-35(11-13-36)24-4-2-3-9-34-24)16-19(23)6-5-18-14-21(26(28,29)30)17-22(15-18)27(31,32)33/h2-4,7-9,14-17H,10-13H2,1H3. The van der Waals surface area contributed by atoms with Crippen LogP contribution in [0.1, 0.15) is 32.6 Å². The van der Waals surface area contributed by atoms with E-state index in [-0.39, 0.29) is 28.8 Å². The zero-order valence-electron chi connectivity index (χ0n) is 20.0. The van der Waals surface area contributed by atoms with E-state index >= 15 is 0 Å². The Hall–Kier alpha value is -4.20. The molecule has 1 aromatic heterocycles. The maximum Gasteiger partial charge on any atom is 0.416 e. The minimum atomic E-state index is -4.98. The first kappa shape index (κ1) is 26.9. The van der Waals surface area contributed by atoms with Crippen LogP contribution < -0.4 is 9.64 Å². The number of hydrogen-bond acceptors (Lipinski definition) is 4. The number of halogens is 6. The molecule has 0 atom stereocenters. The number of nitrogens with zero attached hydrogens (tertiary/aromatic N) is 3. The Morgan fingerprint density at radius 1 is 0.868 bits per heavy atom. The zero-order chi connectivity index (χ0) is 27.5. The SMILES string of the molecule is COc1ccc(C(=O)N2CCN(c3ccccn3)CC2)cc1C#Cc1cc(C(F)(F)F)cc(C(F)(F)F)c1. The largest absolute Gasteiger partial charge is 0.495 e. The molecule has 0 aliphatic carbocycles. The molecule has 11 heteroatoms. The molecule has 2 heterocycles. The van der Waals surface area contributed by atoms with E-state index in [9.17, 15) is 31.1 Å². The number of pyridine rings is 1. The lowest BCUT2D eigenvalue weighted by Gasteiger charge is -2.35. The molecule has 0 bridgehead atoms. The summed E-state index contributed by atoms with van der Waals surface area (Å²) in [4.78, 5) is 21.2. The third-order valence-corrected chi connectivity index (χ3v) is 5.92. The van der Waals surface area contributed by atoms with Crippen LogP contribution >= 0.6 is 0 Å². The molecule has 1 amide bonds. The summed E-state index contributed by atoms with van der Waals surface area (Å²) in [5, 5.41) is 0. The topological polar surface area (TPSA) is 45.7 Å². The number of hydrogen-bond donors (Lipinski definition) is 0. The minimum absolute atomic E-state index is 0.0403. The first-order valence-electron chi connectivity index (χ1n) is 11.4. The molecule has 38 heavy (non-hydrogen) atoms. The van der Waals surface area contributed by atoms with Gasteiger partial charge in [-0.25, -0.2) is 4.98 Å². The highest BCUT2D eigenvalue weighted by atomic mass is 19.4. The predicted octanol–water partition coefficient (Wildman–Crippen LogP) is 5.49. The number of amides is 1. The van der Waals surface area contributed by atoms with Gasteiger partial charge in [-0.05, 0) is 48.5 Å². The lowest BCUT2D eigenvalue weighted by molar-refractivity contribution is -0.143. The first-order chi connectivity index (χ1) is 18.0. The number of anilines is 1. The summed E-state index contributed by atoms with van der Waals surface area (Å²) < 4.78 is 84.3. The van der Waals surface area contributed by atoms with E-state index in [0.717, 1.165) is 5.82 Å². The van der Waals surface area contributed by atoms with Crippen molar-refractivity contribution in [3.63, 3.8) is 0 Å². The van der Waals surface area contributed by atoms with E-state index in [0.29, 0.717) is 38.3 Å². The molecule has 1 aliphatic heterocycles. The van der Waals surface area contributed by atoms with Gasteiger partial charge in [-0.3, -0.25) is 4.79 Å². The van der Waals surface area contributed by atoms with Crippen molar-refractivity contribution in [2.75, 3.05) is 38.2 Å². The molecule has 0 radical (unpaired) electrons. The van der Waals surface area contributed by atoms with Gasteiger partial charge in [0.2, 0.25) is 0 Å². The van der Waals surface area contributed by atoms with E-state index in [2.05, 4.69) is 21.7 Å². The number of rotatable bonds is 3. The average Bonchev–Trinajstić information content (AvgIpc) is 2.90. The van der Waals surface area contributed by atoms with Gasteiger partial charge in [0, 0.05) is 43.5 Å². The second-order valence-corrected chi connectivity index (χ2v) is 8.43. The van der Waals surface area contributed by atoms with Crippen molar-refractivity contribution >= 4 is 11.7 Å². The molecule has 0 saturated carbocycles. The fourth-order valence-corrected chi connectivity index (χ4v) is 3.97. The van der Waals surface area contributed by atoms with Crippen LogP contribution in [0.2, 0.25) is 0 Å². The zero-order valence-corrected chi connectivity index (χ0v) is 20.0. The highest BCUT2D eigenvalue weighted by molar-refractivity contribution is 5.95. The average molecular weight is 533 g/mol. The monoisotopic (exact) mass is 533 g/mol. The highest BCUT2D eigenvalue weighted by Gasteiger charge is 2.36. The van der Waals surface area contributed by atoms with Gasteiger partial charge in [-0.15, -0.1) is 0 Å². The quantitative estimate of drug-likeness (QED) is 0.330. The second-order valence-electron chi connectivity index (χ2n) is 8.43. The second kappa shape index (κ2) is 10.7. The van der Waals surface area contributed by atoms with Crippen molar-refractivity contribution in [2.45, 2.75) is 12.4 Å². The van der Waals surface area contributed by atoms with Gasteiger partial charge in [0.25, 0.3) is 5.91 Å². The molecular weight excluding hydrogens is 512 g/mol. The summed E-state index contributed by atoms with van der Waals surface area (Å²) in [5.74, 6) is 5.68. The van der Waals surface area contributed by atoms with E-state index in [1.807, 2.05) is 18.2 Å².